The minimum absolute atomic E-state index is 0.135. The predicted molar refractivity (Wildman–Crippen MR) is 59.3 cm³/mol. The number of H-pyrrole nitrogens is 1. The van der Waals surface area contributed by atoms with E-state index in [9.17, 15) is 9.59 Å². The van der Waals surface area contributed by atoms with Gasteiger partial charge in [-0.15, -0.1) is 0 Å². The Labute approximate surface area is 97.7 Å². The van der Waals surface area contributed by atoms with Crippen molar-refractivity contribution in [1.82, 2.24) is 15.5 Å². The van der Waals surface area contributed by atoms with Crippen molar-refractivity contribution in [1.29, 1.82) is 0 Å². The number of nitrogens with two attached hydrogens (primary N) is 1. The zero-order chi connectivity index (χ0) is 12.4. The molecule has 1 aromatic rings. The van der Waals surface area contributed by atoms with Gasteiger partial charge in [-0.1, -0.05) is 0 Å². The number of amides is 1. The Morgan fingerprint density at radius 2 is 2.29 bits per heavy atom. The van der Waals surface area contributed by atoms with Gasteiger partial charge in [-0.2, -0.15) is 5.10 Å². The molecule has 92 valence electrons. The largest absolute Gasteiger partial charge is 0.468 e. The quantitative estimate of drug-likeness (QED) is 0.628. The molecule has 0 radical (unpaired) electrons. The van der Waals surface area contributed by atoms with Crippen LogP contribution in [0.1, 0.15) is 34.9 Å². The molecule has 1 heterocycles. The van der Waals surface area contributed by atoms with E-state index < -0.39 is 11.9 Å². The normalized spacial score (nSPS) is 14.4. The second-order valence-corrected chi connectivity index (χ2v) is 3.93. The number of aromatic nitrogens is 2. The molecular formula is C10H14N4O3. The fourth-order valence-electron chi connectivity index (χ4n) is 1.53. The molecule has 1 aliphatic rings. The van der Waals surface area contributed by atoms with Crippen molar-refractivity contribution in [3.63, 3.8) is 0 Å². The number of hydrogen-bond acceptors (Lipinski definition) is 5. The molecule has 1 aromatic heterocycles. The molecule has 17 heavy (non-hydrogen) atoms. The summed E-state index contributed by atoms with van der Waals surface area (Å²) in [4.78, 5) is 22.5. The molecule has 1 aliphatic carbocycles. The Morgan fingerprint density at radius 1 is 1.59 bits per heavy atom. The topological polar surface area (TPSA) is 110 Å². The number of rotatable bonds is 4. The second-order valence-electron chi connectivity index (χ2n) is 3.93. The highest BCUT2D eigenvalue weighted by atomic mass is 16.5. The lowest BCUT2D eigenvalue weighted by atomic mass is 10.2. The maximum atomic E-state index is 11.7. The third kappa shape index (κ3) is 2.38. The van der Waals surface area contributed by atoms with E-state index in [1.807, 2.05) is 0 Å². The Kier molecular flexibility index (Phi) is 2.99. The Balaban J connectivity index is 2.01. The summed E-state index contributed by atoms with van der Waals surface area (Å²) >= 11 is 0. The van der Waals surface area contributed by atoms with Crippen molar-refractivity contribution in [2.45, 2.75) is 18.8 Å². The van der Waals surface area contributed by atoms with Gasteiger partial charge in [-0.25, -0.2) is 0 Å². The molecular weight excluding hydrogens is 224 g/mol. The van der Waals surface area contributed by atoms with Crippen LogP contribution in [0.25, 0.3) is 0 Å². The van der Waals surface area contributed by atoms with Crippen molar-refractivity contribution in [2.24, 2.45) is 0 Å². The lowest BCUT2D eigenvalue weighted by Gasteiger charge is -2.02. The van der Waals surface area contributed by atoms with Crippen LogP contribution in [0, 0.1) is 0 Å². The van der Waals surface area contributed by atoms with Gasteiger partial charge in [0.25, 0.3) is 5.91 Å². The maximum Gasteiger partial charge on any atom is 0.325 e. The van der Waals surface area contributed by atoms with Crippen molar-refractivity contribution < 1.29 is 14.3 Å². The summed E-state index contributed by atoms with van der Waals surface area (Å²) in [6.45, 7) is -0.194. The van der Waals surface area contributed by atoms with Crippen LogP contribution in [0.15, 0.2) is 0 Å². The molecule has 1 saturated carbocycles. The van der Waals surface area contributed by atoms with Gasteiger partial charge in [-0.3, -0.25) is 14.7 Å². The van der Waals surface area contributed by atoms with E-state index in [1.54, 1.807) is 0 Å². The van der Waals surface area contributed by atoms with E-state index in [0.29, 0.717) is 11.6 Å². The van der Waals surface area contributed by atoms with Gasteiger partial charge in [0, 0.05) is 5.92 Å². The zero-order valence-corrected chi connectivity index (χ0v) is 9.45. The first-order valence-corrected chi connectivity index (χ1v) is 5.32. The van der Waals surface area contributed by atoms with Crippen molar-refractivity contribution in [2.75, 3.05) is 19.4 Å². The third-order valence-corrected chi connectivity index (χ3v) is 2.66. The number of carbonyl (C=O) groups excluding carboxylic acids is 2. The predicted octanol–water partition coefficient (Wildman–Crippen LogP) is -0.228. The standard InChI is InChI=1S/C10H14N4O3/c1-17-6(15)4-12-10(16)9-7(11)8(13-14-9)5-2-3-5/h5H,2-4,11H2,1H3,(H,12,16)(H,13,14). The fraction of sp³-hybridized carbons (Fsp3) is 0.500. The maximum absolute atomic E-state index is 11.7. The molecule has 4 N–H and O–H groups in total. The van der Waals surface area contributed by atoms with E-state index in [0.717, 1.165) is 18.5 Å². The van der Waals surface area contributed by atoms with Gasteiger partial charge in [0.2, 0.25) is 0 Å². The number of methoxy groups -OCH3 is 1. The van der Waals surface area contributed by atoms with Crippen molar-refractivity contribution >= 4 is 17.6 Å². The number of anilines is 1. The molecule has 1 amide bonds. The minimum atomic E-state index is -0.519. The summed E-state index contributed by atoms with van der Waals surface area (Å²) in [6, 6.07) is 0. The van der Waals surface area contributed by atoms with Crippen LogP contribution < -0.4 is 11.1 Å². The number of hydrogen-bond donors (Lipinski definition) is 3. The van der Waals surface area contributed by atoms with Crippen LogP contribution in [0.3, 0.4) is 0 Å². The number of nitrogen functional groups attached to an aromatic ring is 1. The summed E-state index contributed by atoms with van der Waals surface area (Å²) in [5.74, 6) is -0.601. The van der Waals surface area contributed by atoms with Gasteiger partial charge in [0.1, 0.15) is 6.54 Å². The average Bonchev–Trinajstić information content (AvgIpc) is 3.09. The van der Waals surface area contributed by atoms with Crippen LogP contribution in [0.2, 0.25) is 0 Å². The van der Waals surface area contributed by atoms with Crippen LogP contribution in [0.4, 0.5) is 5.69 Å². The van der Waals surface area contributed by atoms with Gasteiger partial charge in [0.15, 0.2) is 5.69 Å². The molecule has 0 bridgehead atoms. The monoisotopic (exact) mass is 238 g/mol. The number of aromatic amines is 1. The summed E-state index contributed by atoms with van der Waals surface area (Å²) in [5.41, 5.74) is 7.13. The molecule has 0 saturated heterocycles. The van der Waals surface area contributed by atoms with E-state index in [4.69, 9.17) is 5.73 Å². The highest BCUT2D eigenvalue weighted by molar-refractivity contribution is 5.99. The third-order valence-electron chi connectivity index (χ3n) is 2.66. The van der Waals surface area contributed by atoms with E-state index >= 15 is 0 Å². The van der Waals surface area contributed by atoms with E-state index in [1.165, 1.54) is 7.11 Å². The van der Waals surface area contributed by atoms with Crippen LogP contribution in [-0.4, -0.2) is 35.7 Å². The second kappa shape index (κ2) is 4.44. The SMILES string of the molecule is COC(=O)CNC(=O)c1n[nH]c(C2CC2)c1N. The molecule has 0 unspecified atom stereocenters. The first-order valence-electron chi connectivity index (χ1n) is 5.32. The fourth-order valence-corrected chi connectivity index (χ4v) is 1.53. The number of carbonyl (C=O) groups is 2. The first-order chi connectivity index (χ1) is 8.13. The van der Waals surface area contributed by atoms with Crippen molar-refractivity contribution in [3.8, 4) is 0 Å². The molecule has 0 aromatic carbocycles. The molecule has 0 atom stereocenters. The van der Waals surface area contributed by atoms with E-state index in [-0.39, 0.29) is 12.2 Å². The highest BCUT2D eigenvalue weighted by Gasteiger charge is 2.30. The lowest BCUT2D eigenvalue weighted by molar-refractivity contribution is -0.139. The molecule has 7 nitrogen and oxygen atoms in total. The number of nitrogens with zero attached hydrogens (tertiary/aromatic N) is 1. The Bertz CT molecular complexity index is 450. The molecule has 7 heteroatoms. The highest BCUT2D eigenvalue weighted by Crippen LogP contribution is 2.42. The summed E-state index contributed by atoms with van der Waals surface area (Å²) < 4.78 is 4.41. The molecule has 0 aliphatic heterocycles. The van der Waals surface area contributed by atoms with Crippen LogP contribution in [0.5, 0.6) is 0 Å². The number of ether oxygens (including phenoxy) is 1. The average molecular weight is 238 g/mol. The van der Waals surface area contributed by atoms with Gasteiger partial charge in [0.05, 0.1) is 18.5 Å². The zero-order valence-electron chi connectivity index (χ0n) is 9.45. The Morgan fingerprint density at radius 3 is 2.88 bits per heavy atom. The summed E-state index contributed by atoms with van der Waals surface area (Å²) in [6.07, 6.45) is 2.13. The molecule has 1 fully saturated rings. The summed E-state index contributed by atoms with van der Waals surface area (Å²) in [7, 11) is 1.25. The van der Waals surface area contributed by atoms with Crippen LogP contribution in [-0.2, 0) is 9.53 Å². The minimum Gasteiger partial charge on any atom is -0.468 e. The Hall–Kier alpha value is -2.05. The van der Waals surface area contributed by atoms with Gasteiger partial charge < -0.3 is 15.8 Å². The molecule has 2 rings (SSSR count). The summed E-state index contributed by atoms with van der Waals surface area (Å²) in [5, 5.41) is 9.02. The van der Waals surface area contributed by atoms with Crippen molar-refractivity contribution in [3.05, 3.63) is 11.4 Å². The first kappa shape index (κ1) is 11.4. The number of esters is 1. The smallest absolute Gasteiger partial charge is 0.325 e. The lowest BCUT2D eigenvalue weighted by Crippen LogP contribution is -2.30. The molecule has 0 spiro atoms. The van der Waals surface area contributed by atoms with Gasteiger partial charge in [-0.05, 0) is 12.8 Å². The van der Waals surface area contributed by atoms with Crippen LogP contribution >= 0.6 is 0 Å². The number of nitrogens with one attached hydrogen (secondary N) is 2. The van der Waals surface area contributed by atoms with E-state index in [2.05, 4.69) is 20.3 Å². The van der Waals surface area contributed by atoms with Gasteiger partial charge >= 0.3 is 5.97 Å².